The van der Waals surface area contributed by atoms with Gasteiger partial charge >= 0.3 is 0 Å². The Kier molecular flexibility index (Phi) is 3.87. The summed E-state index contributed by atoms with van der Waals surface area (Å²) in [5, 5.41) is 3.32. The number of halogens is 1. The lowest BCUT2D eigenvalue weighted by Crippen LogP contribution is -2.29. The molecule has 1 saturated carbocycles. The molecule has 4 rings (SSSR count). The van der Waals surface area contributed by atoms with Crippen LogP contribution in [0.5, 0.6) is 0 Å². The normalized spacial score (nSPS) is 15.9. The molecule has 1 spiro atoms. The van der Waals surface area contributed by atoms with Gasteiger partial charge in [0.1, 0.15) is 11.6 Å². The van der Waals surface area contributed by atoms with Crippen LogP contribution in [0.3, 0.4) is 0 Å². The number of pyridine rings is 1. The van der Waals surface area contributed by atoms with Gasteiger partial charge in [-0.3, -0.25) is 4.79 Å². The number of nitrogens with one attached hydrogen (secondary N) is 1. The molecule has 1 aliphatic heterocycles. The summed E-state index contributed by atoms with van der Waals surface area (Å²) in [5.41, 5.74) is 2.42. The standard InChI is InChI=1S/C20H19FN4O/c1-22-8-9-25(2)19(26)15-5-3-4-14(17(15)21)13-10-16-18(23-11-13)24-12-20(16)6-7-20/h3-5,10-11H,6-9,12H2,2H3,(H,23,24). The molecule has 2 aromatic rings. The molecule has 0 bridgehead atoms. The monoisotopic (exact) mass is 350 g/mol. The highest BCUT2D eigenvalue weighted by Gasteiger charge is 2.49. The Bertz CT molecular complexity index is 930. The number of rotatable bonds is 4. The SMILES string of the molecule is [C-]#[N+]CCN(C)C(=O)c1cccc(-c2cnc3c(c2)C2(CC2)CN3)c1F. The van der Waals surface area contributed by atoms with Gasteiger partial charge in [0.05, 0.1) is 12.1 Å². The maximum Gasteiger partial charge on any atom is 0.256 e. The lowest BCUT2D eigenvalue weighted by atomic mass is 9.96. The summed E-state index contributed by atoms with van der Waals surface area (Å²) in [7, 11) is 1.58. The van der Waals surface area contributed by atoms with Crippen LogP contribution in [-0.2, 0) is 5.41 Å². The average molecular weight is 350 g/mol. The fourth-order valence-corrected chi connectivity index (χ4v) is 3.53. The zero-order valence-electron chi connectivity index (χ0n) is 14.6. The Morgan fingerprint density at radius 3 is 3.00 bits per heavy atom. The third-order valence-electron chi connectivity index (χ3n) is 5.34. The minimum atomic E-state index is -0.537. The number of aromatic nitrogens is 1. The van der Waals surface area contributed by atoms with Crippen LogP contribution >= 0.6 is 0 Å². The zero-order chi connectivity index (χ0) is 18.3. The van der Waals surface area contributed by atoms with Crippen LogP contribution in [-0.4, -0.2) is 42.5 Å². The molecule has 0 saturated heterocycles. The lowest BCUT2D eigenvalue weighted by Gasteiger charge is -2.16. The number of carbonyl (C=O) groups is 1. The van der Waals surface area contributed by atoms with Crippen molar-refractivity contribution in [3.63, 3.8) is 0 Å². The largest absolute Gasteiger partial charge is 0.369 e. The second kappa shape index (κ2) is 6.10. The van der Waals surface area contributed by atoms with Crippen LogP contribution in [0.2, 0.25) is 0 Å². The quantitative estimate of drug-likeness (QED) is 0.861. The summed E-state index contributed by atoms with van der Waals surface area (Å²) in [6.45, 7) is 8.20. The number of amides is 1. The molecule has 1 aromatic heterocycles. The summed E-state index contributed by atoms with van der Waals surface area (Å²) in [6, 6.07) is 6.86. The van der Waals surface area contributed by atoms with Crippen molar-refractivity contribution >= 4 is 11.7 Å². The maximum absolute atomic E-state index is 15.1. The molecule has 1 fully saturated rings. The van der Waals surface area contributed by atoms with Gasteiger partial charge in [0.15, 0.2) is 0 Å². The molecule has 1 aliphatic carbocycles. The summed E-state index contributed by atoms with van der Waals surface area (Å²) >= 11 is 0. The number of fused-ring (bicyclic) bond motifs is 2. The Balaban J connectivity index is 1.69. The van der Waals surface area contributed by atoms with Gasteiger partial charge in [0.25, 0.3) is 5.91 Å². The van der Waals surface area contributed by atoms with Crippen molar-refractivity contribution in [2.45, 2.75) is 18.3 Å². The van der Waals surface area contributed by atoms with Crippen LogP contribution in [0, 0.1) is 12.4 Å². The Morgan fingerprint density at radius 1 is 1.46 bits per heavy atom. The van der Waals surface area contributed by atoms with Crippen molar-refractivity contribution in [3.8, 4) is 11.1 Å². The van der Waals surface area contributed by atoms with E-state index in [0.717, 1.165) is 30.8 Å². The molecule has 1 aromatic carbocycles. The number of benzene rings is 1. The summed E-state index contributed by atoms with van der Waals surface area (Å²) in [6.07, 6.45) is 3.92. The van der Waals surface area contributed by atoms with Crippen molar-refractivity contribution < 1.29 is 9.18 Å². The first-order valence-corrected chi connectivity index (χ1v) is 8.68. The highest BCUT2D eigenvalue weighted by Crippen LogP contribution is 2.54. The molecular weight excluding hydrogens is 331 g/mol. The molecule has 26 heavy (non-hydrogen) atoms. The van der Waals surface area contributed by atoms with Crippen LogP contribution in [0.25, 0.3) is 16.0 Å². The van der Waals surface area contributed by atoms with Crippen molar-refractivity contribution in [2.24, 2.45) is 0 Å². The van der Waals surface area contributed by atoms with Gasteiger partial charge in [-0.05, 0) is 25.0 Å². The van der Waals surface area contributed by atoms with Gasteiger partial charge in [-0.1, -0.05) is 12.1 Å². The zero-order valence-corrected chi connectivity index (χ0v) is 14.6. The highest BCUT2D eigenvalue weighted by atomic mass is 19.1. The Morgan fingerprint density at radius 2 is 2.27 bits per heavy atom. The van der Waals surface area contributed by atoms with E-state index in [1.54, 1.807) is 25.4 Å². The van der Waals surface area contributed by atoms with Gasteiger partial charge in [0.2, 0.25) is 6.54 Å². The third-order valence-corrected chi connectivity index (χ3v) is 5.34. The summed E-state index contributed by atoms with van der Waals surface area (Å²) in [5.74, 6) is -0.0649. The Labute approximate surface area is 151 Å². The number of nitrogens with zero attached hydrogens (tertiary/aromatic N) is 3. The molecular formula is C20H19FN4O. The van der Waals surface area contributed by atoms with Crippen LogP contribution in [0.4, 0.5) is 10.2 Å². The number of carbonyl (C=O) groups excluding carboxylic acids is 1. The Hall–Kier alpha value is -2.94. The van der Waals surface area contributed by atoms with E-state index in [1.165, 1.54) is 11.0 Å². The van der Waals surface area contributed by atoms with Crippen molar-refractivity contribution in [3.05, 3.63) is 58.8 Å². The number of hydrogen-bond acceptors (Lipinski definition) is 3. The molecule has 6 heteroatoms. The predicted molar refractivity (Wildman–Crippen MR) is 97.5 cm³/mol. The molecule has 5 nitrogen and oxygen atoms in total. The van der Waals surface area contributed by atoms with E-state index in [1.807, 2.05) is 6.07 Å². The van der Waals surface area contributed by atoms with Crippen molar-refractivity contribution in [1.82, 2.24) is 9.88 Å². The van der Waals surface area contributed by atoms with E-state index in [-0.39, 0.29) is 24.1 Å². The van der Waals surface area contributed by atoms with Crippen molar-refractivity contribution in [1.29, 1.82) is 0 Å². The fourth-order valence-electron chi connectivity index (χ4n) is 3.53. The summed E-state index contributed by atoms with van der Waals surface area (Å²) in [4.78, 5) is 21.6. The maximum atomic E-state index is 15.1. The number of anilines is 1. The second-order valence-electron chi connectivity index (χ2n) is 7.03. The first-order chi connectivity index (χ1) is 12.6. The van der Waals surface area contributed by atoms with Crippen LogP contribution < -0.4 is 5.32 Å². The van der Waals surface area contributed by atoms with E-state index in [2.05, 4.69) is 15.1 Å². The smallest absolute Gasteiger partial charge is 0.256 e. The second-order valence-corrected chi connectivity index (χ2v) is 7.03. The molecule has 2 heterocycles. The molecule has 0 atom stereocenters. The molecule has 2 aliphatic rings. The molecule has 1 N–H and O–H groups in total. The first-order valence-electron chi connectivity index (χ1n) is 8.68. The van der Waals surface area contributed by atoms with Crippen LogP contribution in [0.15, 0.2) is 30.5 Å². The molecule has 0 unspecified atom stereocenters. The number of likely N-dealkylation sites (N-methyl/N-ethyl adjacent to an activating group) is 1. The highest BCUT2D eigenvalue weighted by molar-refractivity contribution is 5.95. The minimum absolute atomic E-state index is 0.0229. The van der Waals surface area contributed by atoms with Gasteiger partial charge in [-0.25, -0.2) is 15.9 Å². The van der Waals surface area contributed by atoms with E-state index in [0.29, 0.717) is 11.1 Å². The van der Waals surface area contributed by atoms with E-state index in [4.69, 9.17) is 6.57 Å². The predicted octanol–water partition coefficient (Wildman–Crippen LogP) is 3.34. The molecule has 0 radical (unpaired) electrons. The van der Waals surface area contributed by atoms with Crippen molar-refractivity contribution in [2.75, 3.05) is 32.0 Å². The van der Waals surface area contributed by atoms with Gasteiger partial charge < -0.3 is 15.1 Å². The third kappa shape index (κ3) is 2.60. The first kappa shape index (κ1) is 16.5. The van der Waals surface area contributed by atoms with E-state index in [9.17, 15) is 4.79 Å². The van der Waals surface area contributed by atoms with E-state index >= 15 is 4.39 Å². The van der Waals surface area contributed by atoms with Gasteiger partial charge in [-0.2, -0.15) is 0 Å². The van der Waals surface area contributed by atoms with Crippen LogP contribution in [0.1, 0.15) is 28.8 Å². The lowest BCUT2D eigenvalue weighted by molar-refractivity contribution is 0.0797. The minimum Gasteiger partial charge on any atom is -0.369 e. The topological polar surface area (TPSA) is 49.6 Å². The average Bonchev–Trinajstić information content (AvgIpc) is 3.36. The fraction of sp³-hybridized carbons (Fsp3) is 0.350. The summed E-state index contributed by atoms with van der Waals surface area (Å²) < 4.78 is 15.1. The number of hydrogen-bond donors (Lipinski definition) is 1. The molecule has 132 valence electrons. The molecule has 1 amide bonds. The van der Waals surface area contributed by atoms with E-state index < -0.39 is 11.7 Å². The van der Waals surface area contributed by atoms with Gasteiger partial charge in [-0.15, -0.1) is 0 Å². The van der Waals surface area contributed by atoms with Gasteiger partial charge in [0, 0.05) is 41.9 Å².